The molecule has 0 bridgehead atoms. The minimum absolute atomic E-state index is 0.0750. The van der Waals surface area contributed by atoms with Crippen molar-refractivity contribution in [2.75, 3.05) is 26.9 Å². The SMILES string of the molecule is C=CCOC12Oc3ccc(Oc4ccc5ccccc5c4)cc3C3C(CCCCO)C(CCCCO)C=C(C(=NOCc4ccccc4)CC1N(C)C(=O)c1ccc4ccccc4c1)C32. The molecule has 1 aliphatic heterocycles. The number of unbranched alkanes of at least 4 members (excludes halogenated alkanes) is 2. The van der Waals surface area contributed by atoms with Crippen LogP contribution in [0.5, 0.6) is 17.2 Å². The third-order valence-corrected chi connectivity index (χ3v) is 13.6. The molecule has 0 saturated heterocycles. The Morgan fingerprint density at radius 1 is 0.800 bits per heavy atom. The maximum Gasteiger partial charge on any atom is 0.254 e. The van der Waals surface area contributed by atoms with E-state index < -0.39 is 17.7 Å². The Kier molecular flexibility index (Phi) is 13.4. The Bertz CT molecular complexity index is 2700. The van der Waals surface area contributed by atoms with Crippen LogP contribution in [-0.2, 0) is 16.2 Å². The van der Waals surface area contributed by atoms with Crippen molar-refractivity contribution in [3.63, 3.8) is 0 Å². The van der Waals surface area contributed by atoms with E-state index in [1.165, 1.54) is 0 Å². The number of fused-ring (bicyclic) bond motifs is 4. The molecule has 3 aliphatic rings. The van der Waals surface area contributed by atoms with Gasteiger partial charge in [-0.2, -0.15) is 0 Å². The second-order valence-corrected chi connectivity index (χ2v) is 17.6. The van der Waals surface area contributed by atoms with Crippen molar-refractivity contribution < 1.29 is 34.1 Å². The summed E-state index contributed by atoms with van der Waals surface area (Å²) in [6, 6.07) is 43.6. The quantitative estimate of drug-likeness (QED) is 0.0503. The summed E-state index contributed by atoms with van der Waals surface area (Å²) in [5.74, 6) is 0.0812. The lowest BCUT2D eigenvalue weighted by molar-refractivity contribution is -0.252. The summed E-state index contributed by atoms with van der Waals surface area (Å²) in [5, 5.41) is 29.2. The Balaban J connectivity index is 1.21. The molecule has 6 atom stereocenters. The van der Waals surface area contributed by atoms with Gasteiger partial charge in [-0.1, -0.05) is 121 Å². The van der Waals surface area contributed by atoms with E-state index in [4.69, 9.17) is 24.2 Å². The normalized spacial score (nSPS) is 22.7. The molecule has 9 heteroatoms. The van der Waals surface area contributed by atoms with Crippen LogP contribution in [-0.4, -0.2) is 65.4 Å². The molecule has 1 heterocycles. The summed E-state index contributed by atoms with van der Waals surface area (Å²) in [4.78, 5) is 23.0. The summed E-state index contributed by atoms with van der Waals surface area (Å²) in [6.45, 7) is 4.75. The number of rotatable bonds is 18. The molecular formula is C56H58N2O7. The van der Waals surface area contributed by atoms with Crippen LogP contribution >= 0.6 is 0 Å². The number of allylic oxidation sites excluding steroid dienone is 1. The van der Waals surface area contributed by atoms with Crippen molar-refractivity contribution >= 4 is 33.2 Å². The molecule has 1 fully saturated rings. The minimum atomic E-state index is -1.37. The van der Waals surface area contributed by atoms with Gasteiger partial charge in [-0.05, 0) is 113 Å². The topological polar surface area (TPSA) is 110 Å². The number of amides is 1. The fourth-order valence-electron chi connectivity index (χ4n) is 10.6. The number of ether oxygens (including phenoxy) is 3. The molecule has 2 N–H and O–H groups in total. The number of hydrogen-bond donors (Lipinski definition) is 2. The fraction of sp³-hybridized carbons (Fsp3) is 0.321. The zero-order valence-electron chi connectivity index (χ0n) is 37.1. The summed E-state index contributed by atoms with van der Waals surface area (Å²) >= 11 is 0. The highest BCUT2D eigenvalue weighted by Gasteiger charge is 2.65. The van der Waals surface area contributed by atoms with Crippen molar-refractivity contribution in [3.8, 4) is 17.2 Å². The smallest absolute Gasteiger partial charge is 0.254 e. The highest BCUT2D eigenvalue weighted by molar-refractivity contribution is 6.04. The Morgan fingerprint density at radius 3 is 2.20 bits per heavy atom. The minimum Gasteiger partial charge on any atom is -0.459 e. The molecule has 0 spiro atoms. The lowest BCUT2D eigenvalue weighted by atomic mass is 9.55. The van der Waals surface area contributed by atoms with Crippen molar-refractivity contribution in [1.82, 2.24) is 4.90 Å². The largest absolute Gasteiger partial charge is 0.459 e. The van der Waals surface area contributed by atoms with Gasteiger partial charge in [-0.15, -0.1) is 6.58 Å². The summed E-state index contributed by atoms with van der Waals surface area (Å²) < 4.78 is 21.2. The Morgan fingerprint density at radius 2 is 1.46 bits per heavy atom. The van der Waals surface area contributed by atoms with E-state index in [-0.39, 0.29) is 50.1 Å². The van der Waals surface area contributed by atoms with E-state index in [2.05, 4.69) is 43.0 Å². The molecule has 6 aromatic carbocycles. The van der Waals surface area contributed by atoms with Gasteiger partial charge < -0.3 is 34.2 Å². The van der Waals surface area contributed by atoms with Crippen LogP contribution in [0.25, 0.3) is 21.5 Å². The van der Waals surface area contributed by atoms with Gasteiger partial charge in [0.1, 0.15) is 29.9 Å². The molecule has 9 rings (SSSR count). The zero-order valence-corrected chi connectivity index (χ0v) is 37.1. The molecule has 2 aliphatic carbocycles. The van der Waals surface area contributed by atoms with Crippen LogP contribution in [0.15, 0.2) is 163 Å². The van der Waals surface area contributed by atoms with Crippen molar-refractivity contribution in [1.29, 1.82) is 0 Å². The van der Waals surface area contributed by atoms with Gasteiger partial charge in [-0.3, -0.25) is 4.79 Å². The fourth-order valence-corrected chi connectivity index (χ4v) is 10.6. The van der Waals surface area contributed by atoms with Crippen LogP contribution in [0.1, 0.15) is 72.3 Å². The standard InChI is InChI=1S/C56H58N2O7/c1-3-31-62-56-52(58(2)55(61)44-24-23-39-17-7-9-19-41(39)32-44)36-50(57-63-37-38-15-5-4-6-16-38)48-34-43(21-11-13-29-59)47(22-12-14-30-60)53(54(48)56)49-35-46(27-28-51(49)65-56)64-45-26-25-40-18-8-10-20-42(40)33-45/h3-10,15-20,23-28,32-35,43,47,52-54,59-60H,1,11-14,21-22,29-31,36-37H2,2H3. The van der Waals surface area contributed by atoms with Gasteiger partial charge in [0.15, 0.2) is 0 Å². The van der Waals surface area contributed by atoms with Gasteiger partial charge in [0.05, 0.1) is 18.2 Å². The first-order valence-corrected chi connectivity index (χ1v) is 23.1. The van der Waals surface area contributed by atoms with Gasteiger partial charge in [0, 0.05) is 43.7 Å². The first-order valence-electron chi connectivity index (χ1n) is 23.1. The van der Waals surface area contributed by atoms with Gasteiger partial charge >= 0.3 is 0 Å². The first-order chi connectivity index (χ1) is 31.9. The van der Waals surface area contributed by atoms with Crippen molar-refractivity contribution in [2.24, 2.45) is 22.9 Å². The van der Waals surface area contributed by atoms with Gasteiger partial charge in [0.25, 0.3) is 5.91 Å². The average molecular weight is 871 g/mol. The summed E-state index contributed by atoms with van der Waals surface area (Å²) in [6.07, 6.45) is 9.11. The van der Waals surface area contributed by atoms with Crippen LogP contribution in [0.3, 0.4) is 0 Å². The predicted octanol–water partition coefficient (Wildman–Crippen LogP) is 11.4. The van der Waals surface area contributed by atoms with E-state index >= 15 is 0 Å². The molecule has 1 saturated carbocycles. The van der Waals surface area contributed by atoms with Crippen LogP contribution in [0.2, 0.25) is 0 Å². The monoisotopic (exact) mass is 870 g/mol. The van der Waals surface area contributed by atoms with Crippen molar-refractivity contribution in [2.45, 2.75) is 69.3 Å². The Labute approximate surface area is 381 Å². The molecule has 334 valence electrons. The number of likely N-dealkylation sites (N-methyl/N-ethyl adjacent to an activating group) is 1. The molecule has 65 heavy (non-hydrogen) atoms. The van der Waals surface area contributed by atoms with Gasteiger partial charge in [-0.25, -0.2) is 0 Å². The lowest BCUT2D eigenvalue weighted by Crippen LogP contribution is -2.69. The lowest BCUT2D eigenvalue weighted by Gasteiger charge is -2.59. The number of nitrogens with zero attached hydrogens (tertiary/aromatic N) is 2. The number of hydrogen-bond acceptors (Lipinski definition) is 8. The molecule has 0 radical (unpaired) electrons. The molecular weight excluding hydrogens is 813 g/mol. The van der Waals surface area contributed by atoms with E-state index in [1.54, 1.807) is 11.0 Å². The third-order valence-electron chi connectivity index (χ3n) is 13.6. The van der Waals surface area contributed by atoms with Crippen LogP contribution < -0.4 is 9.47 Å². The van der Waals surface area contributed by atoms with E-state index in [1.807, 2.05) is 110 Å². The Hall–Kier alpha value is -6.26. The van der Waals surface area contributed by atoms with Gasteiger partial charge in [0.2, 0.25) is 5.79 Å². The average Bonchev–Trinajstić information content (AvgIpc) is 3.34. The number of carbonyl (C=O) groups excluding carboxylic acids is 1. The number of oxime groups is 1. The van der Waals surface area contributed by atoms with Crippen LogP contribution in [0, 0.1) is 17.8 Å². The van der Waals surface area contributed by atoms with Crippen molar-refractivity contribution in [3.05, 3.63) is 174 Å². The number of carbonyl (C=O) groups is 1. The molecule has 6 aromatic rings. The van der Waals surface area contributed by atoms with E-state index in [9.17, 15) is 15.0 Å². The summed E-state index contributed by atoms with van der Waals surface area (Å²) in [7, 11) is 1.84. The highest BCUT2D eigenvalue weighted by Crippen LogP contribution is 2.62. The second-order valence-electron chi connectivity index (χ2n) is 17.6. The number of aliphatic hydroxyl groups is 2. The van der Waals surface area contributed by atoms with Crippen LogP contribution in [0.4, 0.5) is 0 Å². The third kappa shape index (κ3) is 9.06. The maximum atomic E-state index is 15.0. The molecule has 1 amide bonds. The molecule has 6 unspecified atom stereocenters. The van der Waals surface area contributed by atoms with E-state index in [0.29, 0.717) is 36.3 Å². The second kappa shape index (κ2) is 19.9. The first kappa shape index (κ1) is 44.0. The molecule has 9 nitrogen and oxygen atoms in total. The predicted molar refractivity (Wildman–Crippen MR) is 256 cm³/mol. The maximum absolute atomic E-state index is 15.0. The zero-order chi connectivity index (χ0) is 44.8. The highest BCUT2D eigenvalue weighted by atomic mass is 16.7. The van der Waals surface area contributed by atoms with E-state index in [0.717, 1.165) is 75.4 Å². The molecule has 0 aromatic heterocycles. The number of benzene rings is 6. The number of aliphatic hydroxyl groups excluding tert-OH is 2. The summed E-state index contributed by atoms with van der Waals surface area (Å²) in [5.41, 5.74) is 4.27.